The first-order chi connectivity index (χ1) is 13.7. The predicted molar refractivity (Wildman–Crippen MR) is 91.2 cm³/mol. The van der Waals surface area contributed by atoms with Crippen LogP contribution < -0.4 is 5.32 Å². The normalized spacial score (nSPS) is 15.8. The molecule has 0 radical (unpaired) electrons. The molecule has 1 unspecified atom stereocenters. The molecule has 0 aromatic carbocycles. The summed E-state index contributed by atoms with van der Waals surface area (Å²) >= 11 is 0. The van der Waals surface area contributed by atoms with E-state index in [1.165, 1.54) is 11.8 Å². The lowest BCUT2D eigenvalue weighted by Crippen LogP contribution is -2.31. The molecule has 2 aromatic heterocycles. The average Bonchev–Trinajstić information content (AvgIpc) is 3.33. The number of carboxylic acid groups (broad SMARTS) is 1. The van der Waals surface area contributed by atoms with Crippen molar-refractivity contribution in [2.24, 2.45) is 0 Å². The summed E-state index contributed by atoms with van der Waals surface area (Å²) < 4.78 is 49.5. The molecule has 1 aliphatic heterocycles. The Kier molecular flexibility index (Phi) is 7.79. The Balaban J connectivity index is 0.000000370. The Bertz CT molecular complexity index is 804. The van der Waals surface area contributed by atoms with Crippen LogP contribution in [0.15, 0.2) is 29.0 Å². The molecule has 3 rings (SSSR count). The maximum absolute atomic E-state index is 11.9. The van der Waals surface area contributed by atoms with Gasteiger partial charge in [-0.3, -0.25) is 9.48 Å². The molecular weight excluding hydrogens is 399 g/mol. The zero-order valence-electron chi connectivity index (χ0n) is 15.4. The molecule has 0 aliphatic carbocycles. The Morgan fingerprint density at radius 3 is 2.76 bits per heavy atom. The van der Waals surface area contributed by atoms with Crippen molar-refractivity contribution in [3.05, 3.63) is 41.6 Å². The standard InChI is InChI=1S/C15H19N3O4.C2HF3O2/c1-20-8-5-18-10-11-4-7-22-13(14(11)17-18)9-16-15(19)12-3-2-6-21-12;3-2(4,5)1(6)7/h2-3,6,10,13H,4-5,7-9H2,1H3,(H,16,19);(H,6,7). The SMILES string of the molecule is COCCn1cc2c(n1)C(CNC(=O)c1ccco1)OCC2.O=C(O)C(F)(F)F. The van der Waals surface area contributed by atoms with Gasteiger partial charge in [0.15, 0.2) is 5.76 Å². The Labute approximate surface area is 163 Å². The third-order valence-electron chi connectivity index (χ3n) is 3.83. The van der Waals surface area contributed by atoms with Gasteiger partial charge in [0.25, 0.3) is 5.91 Å². The average molecular weight is 419 g/mol. The number of carbonyl (C=O) groups is 2. The van der Waals surface area contributed by atoms with E-state index in [9.17, 15) is 18.0 Å². The molecule has 0 saturated carbocycles. The Hall–Kier alpha value is -2.86. The third-order valence-corrected chi connectivity index (χ3v) is 3.83. The van der Waals surface area contributed by atoms with Gasteiger partial charge in [-0.2, -0.15) is 18.3 Å². The molecule has 0 bridgehead atoms. The summed E-state index contributed by atoms with van der Waals surface area (Å²) in [6, 6.07) is 3.31. The molecule has 160 valence electrons. The van der Waals surface area contributed by atoms with Gasteiger partial charge in [0.2, 0.25) is 0 Å². The van der Waals surface area contributed by atoms with Crippen LogP contribution in [0.4, 0.5) is 13.2 Å². The van der Waals surface area contributed by atoms with Crippen molar-refractivity contribution >= 4 is 11.9 Å². The van der Waals surface area contributed by atoms with E-state index in [-0.39, 0.29) is 12.0 Å². The molecule has 1 aliphatic rings. The van der Waals surface area contributed by atoms with Gasteiger partial charge in [-0.05, 0) is 24.1 Å². The number of fused-ring (bicyclic) bond motifs is 1. The zero-order valence-corrected chi connectivity index (χ0v) is 15.4. The number of hydrogen-bond acceptors (Lipinski definition) is 6. The van der Waals surface area contributed by atoms with E-state index < -0.39 is 12.1 Å². The number of aromatic nitrogens is 2. The lowest BCUT2D eigenvalue weighted by molar-refractivity contribution is -0.192. The summed E-state index contributed by atoms with van der Waals surface area (Å²) in [6.45, 7) is 2.31. The van der Waals surface area contributed by atoms with Crippen molar-refractivity contribution in [3.63, 3.8) is 0 Å². The van der Waals surface area contributed by atoms with Crippen molar-refractivity contribution in [1.29, 1.82) is 0 Å². The molecule has 0 fully saturated rings. The first-order valence-electron chi connectivity index (χ1n) is 8.51. The van der Waals surface area contributed by atoms with E-state index in [4.69, 9.17) is 23.8 Å². The number of alkyl halides is 3. The van der Waals surface area contributed by atoms with Crippen molar-refractivity contribution in [1.82, 2.24) is 15.1 Å². The minimum Gasteiger partial charge on any atom is -0.475 e. The number of rotatable bonds is 6. The summed E-state index contributed by atoms with van der Waals surface area (Å²) in [5.41, 5.74) is 2.06. The van der Waals surface area contributed by atoms with Gasteiger partial charge in [0.05, 0.1) is 31.7 Å². The van der Waals surface area contributed by atoms with Gasteiger partial charge >= 0.3 is 12.1 Å². The van der Waals surface area contributed by atoms with Crippen LogP contribution in [-0.2, 0) is 27.2 Å². The molecule has 3 heterocycles. The lowest BCUT2D eigenvalue weighted by Gasteiger charge is -2.22. The maximum Gasteiger partial charge on any atom is 0.490 e. The molecule has 0 spiro atoms. The molecular formula is C17H20F3N3O6. The van der Waals surface area contributed by atoms with Crippen LogP contribution in [0.25, 0.3) is 0 Å². The van der Waals surface area contributed by atoms with Crippen molar-refractivity contribution in [2.45, 2.75) is 25.2 Å². The zero-order chi connectivity index (χ0) is 21.4. The van der Waals surface area contributed by atoms with E-state index in [0.717, 1.165) is 12.1 Å². The molecule has 1 amide bonds. The minimum atomic E-state index is -5.08. The molecule has 0 saturated heterocycles. The second-order valence-corrected chi connectivity index (χ2v) is 5.90. The van der Waals surface area contributed by atoms with Crippen LogP contribution in [0.2, 0.25) is 0 Å². The monoisotopic (exact) mass is 419 g/mol. The van der Waals surface area contributed by atoms with E-state index >= 15 is 0 Å². The Morgan fingerprint density at radius 1 is 1.45 bits per heavy atom. The van der Waals surface area contributed by atoms with Crippen molar-refractivity contribution < 1.29 is 41.8 Å². The van der Waals surface area contributed by atoms with Crippen LogP contribution in [-0.4, -0.2) is 59.8 Å². The number of amides is 1. The predicted octanol–water partition coefficient (Wildman–Crippen LogP) is 1.80. The minimum absolute atomic E-state index is 0.230. The van der Waals surface area contributed by atoms with Gasteiger partial charge in [-0.25, -0.2) is 4.79 Å². The van der Waals surface area contributed by atoms with Gasteiger partial charge < -0.3 is 24.3 Å². The molecule has 9 nitrogen and oxygen atoms in total. The summed E-state index contributed by atoms with van der Waals surface area (Å²) in [5.74, 6) is -2.71. The fourth-order valence-corrected chi connectivity index (χ4v) is 2.47. The van der Waals surface area contributed by atoms with Crippen LogP contribution in [0.5, 0.6) is 0 Å². The smallest absolute Gasteiger partial charge is 0.475 e. The largest absolute Gasteiger partial charge is 0.490 e. The van der Waals surface area contributed by atoms with Crippen LogP contribution in [0.1, 0.15) is 27.9 Å². The van der Waals surface area contributed by atoms with Crippen LogP contribution in [0.3, 0.4) is 0 Å². The summed E-state index contributed by atoms with van der Waals surface area (Å²) in [6.07, 6.45) is -0.975. The van der Waals surface area contributed by atoms with E-state index in [2.05, 4.69) is 10.4 Å². The maximum atomic E-state index is 11.9. The van der Waals surface area contributed by atoms with Gasteiger partial charge in [-0.15, -0.1) is 0 Å². The summed E-state index contributed by atoms with van der Waals surface area (Å²) in [5, 5.41) is 14.5. The molecule has 2 N–H and O–H groups in total. The number of carbonyl (C=O) groups excluding carboxylic acids is 1. The van der Waals surface area contributed by atoms with E-state index in [0.29, 0.717) is 32.1 Å². The second-order valence-electron chi connectivity index (χ2n) is 5.90. The third kappa shape index (κ3) is 6.61. The first-order valence-corrected chi connectivity index (χ1v) is 8.51. The van der Waals surface area contributed by atoms with Crippen LogP contribution in [0, 0.1) is 0 Å². The topological polar surface area (TPSA) is 116 Å². The van der Waals surface area contributed by atoms with E-state index in [1.807, 2.05) is 10.9 Å². The van der Waals surface area contributed by atoms with Gasteiger partial charge in [-0.1, -0.05) is 0 Å². The number of aliphatic carboxylic acids is 1. The lowest BCUT2D eigenvalue weighted by atomic mass is 10.1. The Morgan fingerprint density at radius 2 is 2.17 bits per heavy atom. The molecule has 29 heavy (non-hydrogen) atoms. The number of carboxylic acids is 1. The number of nitrogens with one attached hydrogen (secondary N) is 1. The fourth-order valence-electron chi connectivity index (χ4n) is 2.47. The summed E-state index contributed by atoms with van der Waals surface area (Å²) in [7, 11) is 1.67. The number of ether oxygens (including phenoxy) is 2. The van der Waals surface area contributed by atoms with Crippen molar-refractivity contribution in [2.75, 3.05) is 26.9 Å². The number of methoxy groups -OCH3 is 1. The highest BCUT2D eigenvalue weighted by Crippen LogP contribution is 2.25. The fraction of sp³-hybridized carbons (Fsp3) is 0.471. The number of halogens is 3. The number of nitrogens with zero attached hydrogens (tertiary/aromatic N) is 2. The highest BCUT2D eigenvalue weighted by molar-refractivity contribution is 5.91. The first kappa shape index (κ1) is 22.4. The highest BCUT2D eigenvalue weighted by Gasteiger charge is 2.38. The van der Waals surface area contributed by atoms with Gasteiger partial charge in [0, 0.05) is 19.9 Å². The quantitative estimate of drug-likeness (QED) is 0.734. The number of furan rings is 1. The molecule has 12 heteroatoms. The summed E-state index contributed by atoms with van der Waals surface area (Å²) in [4.78, 5) is 20.8. The van der Waals surface area contributed by atoms with Gasteiger partial charge in [0.1, 0.15) is 6.10 Å². The molecule has 2 aromatic rings. The van der Waals surface area contributed by atoms with Crippen LogP contribution >= 0.6 is 0 Å². The van der Waals surface area contributed by atoms with E-state index in [1.54, 1.807) is 19.2 Å². The number of hydrogen-bond donors (Lipinski definition) is 2. The van der Waals surface area contributed by atoms with Crippen molar-refractivity contribution in [3.8, 4) is 0 Å². The second kappa shape index (κ2) is 10.1. The highest BCUT2D eigenvalue weighted by atomic mass is 19.4. The molecule has 1 atom stereocenters.